The number of thioether (sulfide) groups is 1. The second kappa shape index (κ2) is 6.72. The van der Waals surface area contributed by atoms with Gasteiger partial charge in [-0.1, -0.05) is 19.1 Å². The van der Waals surface area contributed by atoms with Gasteiger partial charge in [0.05, 0.1) is 16.7 Å². The number of rotatable bonds is 6. The average Bonchev–Trinajstić information content (AvgIpc) is 2.99. The molecule has 0 bridgehead atoms. The predicted molar refractivity (Wildman–Crippen MR) is 92.8 cm³/mol. The van der Waals surface area contributed by atoms with Crippen molar-refractivity contribution in [1.82, 2.24) is 19.2 Å². The molecule has 7 heteroatoms. The molecule has 0 spiro atoms. The number of nitrogens with zero attached hydrogens (tertiary/aromatic N) is 4. The largest absolute Gasteiger partial charge is 0.396 e. The third kappa shape index (κ3) is 2.86. The van der Waals surface area contributed by atoms with E-state index in [0.717, 1.165) is 17.1 Å². The van der Waals surface area contributed by atoms with Crippen LogP contribution in [0.2, 0.25) is 0 Å². The molecule has 1 N–H and O–H groups in total. The van der Waals surface area contributed by atoms with Gasteiger partial charge < -0.3 is 5.11 Å². The van der Waals surface area contributed by atoms with Crippen molar-refractivity contribution in [3.05, 3.63) is 40.4 Å². The van der Waals surface area contributed by atoms with Gasteiger partial charge in [-0.3, -0.25) is 13.8 Å². The number of benzene rings is 1. The SMILES string of the molecule is CCn1c(=O)c2ccccc2n2c(CSCC(C)CO)nnc12. The van der Waals surface area contributed by atoms with Gasteiger partial charge >= 0.3 is 0 Å². The number of hydrogen-bond acceptors (Lipinski definition) is 5. The molecule has 0 fully saturated rings. The van der Waals surface area contributed by atoms with Crippen LogP contribution in [-0.4, -0.2) is 36.6 Å². The van der Waals surface area contributed by atoms with E-state index in [1.54, 1.807) is 16.3 Å². The molecule has 0 saturated heterocycles. The van der Waals surface area contributed by atoms with E-state index in [4.69, 9.17) is 5.11 Å². The number of aromatic nitrogens is 4. The molecular formula is C16H20N4O2S. The fourth-order valence-electron chi connectivity index (χ4n) is 2.60. The van der Waals surface area contributed by atoms with Gasteiger partial charge in [-0.15, -0.1) is 10.2 Å². The lowest BCUT2D eigenvalue weighted by molar-refractivity contribution is 0.250. The van der Waals surface area contributed by atoms with Gasteiger partial charge in [0.15, 0.2) is 0 Å². The van der Waals surface area contributed by atoms with Crippen molar-refractivity contribution in [2.75, 3.05) is 12.4 Å². The quantitative estimate of drug-likeness (QED) is 0.747. The Balaban J connectivity index is 2.11. The van der Waals surface area contributed by atoms with Gasteiger partial charge in [-0.25, -0.2) is 0 Å². The summed E-state index contributed by atoms with van der Waals surface area (Å²) in [6.45, 7) is 4.69. The molecule has 0 saturated carbocycles. The average molecular weight is 332 g/mol. The Kier molecular flexibility index (Phi) is 4.68. The van der Waals surface area contributed by atoms with Crippen LogP contribution in [0.4, 0.5) is 0 Å². The topological polar surface area (TPSA) is 72.4 Å². The number of para-hydroxylation sites is 1. The Morgan fingerprint density at radius 1 is 1.30 bits per heavy atom. The lowest BCUT2D eigenvalue weighted by Gasteiger charge is -2.10. The number of aliphatic hydroxyl groups excluding tert-OH is 1. The smallest absolute Gasteiger partial charge is 0.262 e. The molecule has 1 atom stereocenters. The Morgan fingerprint density at radius 2 is 2.09 bits per heavy atom. The van der Waals surface area contributed by atoms with E-state index in [1.165, 1.54) is 0 Å². The summed E-state index contributed by atoms with van der Waals surface area (Å²) < 4.78 is 3.62. The van der Waals surface area contributed by atoms with Crippen molar-refractivity contribution < 1.29 is 5.11 Å². The molecule has 1 unspecified atom stereocenters. The molecular weight excluding hydrogens is 312 g/mol. The fraction of sp³-hybridized carbons (Fsp3) is 0.438. The van der Waals surface area contributed by atoms with Crippen LogP contribution in [0.15, 0.2) is 29.1 Å². The van der Waals surface area contributed by atoms with E-state index < -0.39 is 0 Å². The first kappa shape index (κ1) is 16.0. The lowest BCUT2D eigenvalue weighted by atomic mass is 10.2. The zero-order valence-electron chi connectivity index (χ0n) is 13.3. The molecule has 0 amide bonds. The van der Waals surface area contributed by atoms with Gasteiger partial charge in [-0.05, 0) is 30.7 Å². The Morgan fingerprint density at radius 3 is 2.83 bits per heavy atom. The van der Waals surface area contributed by atoms with E-state index >= 15 is 0 Å². The summed E-state index contributed by atoms with van der Waals surface area (Å²) in [5.74, 6) is 3.22. The van der Waals surface area contributed by atoms with Crippen LogP contribution >= 0.6 is 11.8 Å². The summed E-state index contributed by atoms with van der Waals surface area (Å²) >= 11 is 1.71. The highest BCUT2D eigenvalue weighted by atomic mass is 32.2. The molecule has 2 aromatic heterocycles. The van der Waals surface area contributed by atoms with Gasteiger partial charge in [0.25, 0.3) is 5.56 Å². The molecule has 0 aliphatic heterocycles. The van der Waals surface area contributed by atoms with Crippen LogP contribution in [0.25, 0.3) is 16.7 Å². The summed E-state index contributed by atoms with van der Waals surface area (Å²) in [5.41, 5.74) is 0.809. The molecule has 1 aromatic carbocycles. The maximum atomic E-state index is 12.6. The van der Waals surface area contributed by atoms with Crippen LogP contribution in [0.1, 0.15) is 19.7 Å². The van der Waals surface area contributed by atoms with Gasteiger partial charge in [0.1, 0.15) is 5.82 Å². The highest BCUT2D eigenvalue weighted by molar-refractivity contribution is 7.98. The van der Waals surface area contributed by atoms with E-state index in [-0.39, 0.29) is 18.1 Å². The first-order valence-electron chi connectivity index (χ1n) is 7.71. The van der Waals surface area contributed by atoms with Crippen LogP contribution in [0.3, 0.4) is 0 Å². The summed E-state index contributed by atoms with van der Waals surface area (Å²) in [5, 5.41) is 18.3. The monoisotopic (exact) mass is 332 g/mol. The lowest BCUT2D eigenvalue weighted by Crippen LogP contribution is -2.22. The molecule has 6 nitrogen and oxygen atoms in total. The minimum absolute atomic E-state index is 0.0314. The minimum atomic E-state index is -0.0314. The molecule has 2 heterocycles. The fourth-order valence-corrected chi connectivity index (χ4v) is 3.59. The van der Waals surface area contributed by atoms with E-state index in [1.807, 2.05) is 42.5 Å². The van der Waals surface area contributed by atoms with Crippen molar-refractivity contribution in [3.63, 3.8) is 0 Å². The third-order valence-corrected chi connectivity index (χ3v) is 5.10. The first-order chi connectivity index (χ1) is 11.2. The Labute approximate surface area is 138 Å². The summed E-state index contributed by atoms with van der Waals surface area (Å²) in [4.78, 5) is 12.6. The van der Waals surface area contributed by atoms with E-state index in [0.29, 0.717) is 23.5 Å². The van der Waals surface area contributed by atoms with Crippen LogP contribution in [0.5, 0.6) is 0 Å². The normalized spacial score (nSPS) is 13.0. The minimum Gasteiger partial charge on any atom is -0.396 e. The van der Waals surface area contributed by atoms with Crippen molar-refractivity contribution >= 4 is 28.4 Å². The second-order valence-electron chi connectivity index (χ2n) is 5.62. The molecule has 3 rings (SSSR count). The Bertz CT molecular complexity index is 887. The van der Waals surface area contributed by atoms with E-state index in [2.05, 4.69) is 10.2 Å². The zero-order chi connectivity index (χ0) is 16.4. The third-order valence-electron chi connectivity index (χ3n) is 3.84. The summed E-state index contributed by atoms with van der Waals surface area (Å²) in [7, 11) is 0. The van der Waals surface area contributed by atoms with Crippen LogP contribution in [-0.2, 0) is 12.3 Å². The molecule has 122 valence electrons. The van der Waals surface area contributed by atoms with Crippen molar-refractivity contribution in [2.45, 2.75) is 26.1 Å². The van der Waals surface area contributed by atoms with Crippen molar-refractivity contribution in [2.24, 2.45) is 5.92 Å². The predicted octanol–water partition coefficient (Wildman–Crippen LogP) is 1.93. The number of hydrogen-bond donors (Lipinski definition) is 1. The number of fused-ring (bicyclic) bond motifs is 3. The number of aryl methyl sites for hydroxylation is 1. The standard InChI is InChI=1S/C16H20N4O2S/c1-3-19-15(22)12-6-4-5-7-13(12)20-14(17-18-16(19)20)10-23-9-11(2)8-21/h4-7,11,21H,3,8-10H2,1-2H3. The molecule has 0 radical (unpaired) electrons. The molecule has 23 heavy (non-hydrogen) atoms. The molecule has 0 aliphatic rings. The highest BCUT2D eigenvalue weighted by Crippen LogP contribution is 2.19. The van der Waals surface area contributed by atoms with Crippen LogP contribution < -0.4 is 5.56 Å². The molecule has 3 aromatic rings. The van der Waals surface area contributed by atoms with Gasteiger partial charge in [0.2, 0.25) is 5.78 Å². The zero-order valence-corrected chi connectivity index (χ0v) is 14.1. The molecule has 0 aliphatic carbocycles. The first-order valence-corrected chi connectivity index (χ1v) is 8.87. The maximum Gasteiger partial charge on any atom is 0.262 e. The second-order valence-corrected chi connectivity index (χ2v) is 6.65. The maximum absolute atomic E-state index is 12.6. The van der Waals surface area contributed by atoms with Gasteiger partial charge in [-0.2, -0.15) is 11.8 Å². The van der Waals surface area contributed by atoms with Crippen LogP contribution in [0, 0.1) is 5.92 Å². The summed E-state index contributed by atoms with van der Waals surface area (Å²) in [6, 6.07) is 7.56. The van der Waals surface area contributed by atoms with Gasteiger partial charge in [0, 0.05) is 13.2 Å². The van der Waals surface area contributed by atoms with E-state index in [9.17, 15) is 4.79 Å². The number of aliphatic hydroxyl groups is 1. The Hall–Kier alpha value is -1.86. The highest BCUT2D eigenvalue weighted by Gasteiger charge is 2.15. The van der Waals surface area contributed by atoms with Crippen molar-refractivity contribution in [3.8, 4) is 0 Å². The van der Waals surface area contributed by atoms with Crippen molar-refractivity contribution in [1.29, 1.82) is 0 Å². The summed E-state index contributed by atoms with van der Waals surface area (Å²) in [6.07, 6.45) is 0.